The molecule has 0 spiro atoms. The van der Waals surface area contributed by atoms with E-state index >= 15 is 0 Å². The lowest BCUT2D eigenvalue weighted by Crippen LogP contribution is -2.45. The van der Waals surface area contributed by atoms with Gasteiger partial charge in [0.15, 0.2) is 0 Å². The third kappa shape index (κ3) is 1.04. The normalized spacial score (nSPS) is 26.6. The molecule has 3 N–H and O–H groups in total. The number of amidine groups is 1. The van der Waals surface area contributed by atoms with Crippen LogP contribution in [0.5, 0.6) is 0 Å². The van der Waals surface area contributed by atoms with Gasteiger partial charge in [0.2, 0.25) is 0 Å². The molecule has 0 fully saturated rings. The van der Waals surface area contributed by atoms with Crippen LogP contribution in [0.15, 0.2) is 21.4 Å². The SMILES string of the molecule is CC1=C(C)N[C@H]2C(N)=NC(=O)C2=N1. The molecule has 2 rings (SSSR count). The van der Waals surface area contributed by atoms with E-state index in [1.807, 2.05) is 13.8 Å². The van der Waals surface area contributed by atoms with Crippen molar-refractivity contribution in [3.8, 4) is 0 Å². The number of amides is 1. The summed E-state index contributed by atoms with van der Waals surface area (Å²) in [5, 5.41) is 3.08. The fraction of sp³-hybridized carbons (Fsp3) is 0.375. The maximum absolute atomic E-state index is 11.2. The van der Waals surface area contributed by atoms with Crippen LogP contribution in [0.3, 0.4) is 0 Å². The largest absolute Gasteiger partial charge is 0.385 e. The first kappa shape index (κ1) is 7.97. The third-order valence-electron chi connectivity index (χ3n) is 2.21. The van der Waals surface area contributed by atoms with Crippen LogP contribution >= 0.6 is 0 Å². The highest BCUT2D eigenvalue weighted by Crippen LogP contribution is 2.15. The Kier molecular flexibility index (Phi) is 1.48. The zero-order chi connectivity index (χ0) is 9.59. The van der Waals surface area contributed by atoms with Gasteiger partial charge in [0.05, 0.1) is 5.70 Å². The summed E-state index contributed by atoms with van der Waals surface area (Å²) in [6, 6.07) is -0.309. The lowest BCUT2D eigenvalue weighted by molar-refractivity contribution is -0.111. The highest BCUT2D eigenvalue weighted by molar-refractivity contribution is 6.51. The van der Waals surface area contributed by atoms with Crippen LogP contribution in [0.25, 0.3) is 0 Å². The van der Waals surface area contributed by atoms with Gasteiger partial charge in [0.25, 0.3) is 5.91 Å². The van der Waals surface area contributed by atoms with Gasteiger partial charge >= 0.3 is 0 Å². The molecule has 0 saturated carbocycles. The molecule has 0 saturated heterocycles. The van der Waals surface area contributed by atoms with E-state index in [9.17, 15) is 4.79 Å². The van der Waals surface area contributed by atoms with Crippen LogP contribution in [0.4, 0.5) is 0 Å². The maximum atomic E-state index is 11.2. The molecule has 0 unspecified atom stereocenters. The smallest absolute Gasteiger partial charge is 0.295 e. The van der Waals surface area contributed by atoms with Gasteiger partial charge in [-0.15, -0.1) is 0 Å². The molecule has 5 nitrogen and oxygen atoms in total. The summed E-state index contributed by atoms with van der Waals surface area (Å²) in [5.41, 5.74) is 7.70. The van der Waals surface area contributed by atoms with Crippen LogP contribution < -0.4 is 11.1 Å². The molecule has 2 aliphatic heterocycles. The third-order valence-corrected chi connectivity index (χ3v) is 2.21. The van der Waals surface area contributed by atoms with Crippen molar-refractivity contribution in [2.45, 2.75) is 19.9 Å². The van der Waals surface area contributed by atoms with Crippen molar-refractivity contribution in [3.05, 3.63) is 11.4 Å². The number of carbonyl (C=O) groups is 1. The molecule has 0 aromatic heterocycles. The second-order valence-electron chi connectivity index (χ2n) is 3.13. The zero-order valence-electron chi connectivity index (χ0n) is 7.46. The van der Waals surface area contributed by atoms with Gasteiger partial charge in [-0.2, -0.15) is 4.99 Å². The summed E-state index contributed by atoms with van der Waals surface area (Å²) in [7, 11) is 0. The molecule has 13 heavy (non-hydrogen) atoms. The minimum Gasteiger partial charge on any atom is -0.385 e. The second-order valence-corrected chi connectivity index (χ2v) is 3.13. The number of carbonyl (C=O) groups excluding carboxylic acids is 1. The molecule has 68 valence electrons. The number of rotatable bonds is 0. The Hall–Kier alpha value is -1.65. The molecular weight excluding hydrogens is 168 g/mol. The molecule has 2 aliphatic rings. The zero-order valence-corrected chi connectivity index (χ0v) is 7.46. The topological polar surface area (TPSA) is 79.8 Å². The van der Waals surface area contributed by atoms with E-state index in [1.165, 1.54) is 0 Å². The Labute approximate surface area is 75.4 Å². The summed E-state index contributed by atoms with van der Waals surface area (Å²) in [6.45, 7) is 3.74. The molecule has 0 radical (unpaired) electrons. The van der Waals surface area contributed by atoms with Crippen LogP contribution in [-0.2, 0) is 4.79 Å². The lowest BCUT2D eigenvalue weighted by Gasteiger charge is -2.20. The average Bonchev–Trinajstić information content (AvgIpc) is 2.31. The van der Waals surface area contributed by atoms with E-state index in [1.54, 1.807) is 0 Å². The number of aliphatic imine (C=N–C) groups is 2. The van der Waals surface area contributed by atoms with E-state index in [-0.39, 0.29) is 11.9 Å². The van der Waals surface area contributed by atoms with Crippen molar-refractivity contribution >= 4 is 17.5 Å². The second kappa shape index (κ2) is 2.42. The molecule has 0 bridgehead atoms. The van der Waals surface area contributed by atoms with Crippen molar-refractivity contribution in [1.29, 1.82) is 0 Å². The minimum atomic E-state index is -0.332. The number of hydrogen-bond acceptors (Lipinski definition) is 4. The van der Waals surface area contributed by atoms with Gasteiger partial charge in [-0.05, 0) is 13.8 Å². The van der Waals surface area contributed by atoms with Crippen molar-refractivity contribution < 1.29 is 4.79 Å². The summed E-state index contributed by atoms with van der Waals surface area (Å²) < 4.78 is 0. The number of fused-ring (bicyclic) bond motifs is 1. The predicted molar refractivity (Wildman–Crippen MR) is 49.4 cm³/mol. The van der Waals surface area contributed by atoms with Gasteiger partial charge in [-0.3, -0.25) is 4.79 Å². The van der Waals surface area contributed by atoms with Crippen LogP contribution in [-0.4, -0.2) is 23.5 Å². The molecule has 0 aliphatic carbocycles. The number of allylic oxidation sites excluding steroid dienone is 2. The molecule has 5 heteroatoms. The van der Waals surface area contributed by atoms with E-state index < -0.39 is 0 Å². The quantitative estimate of drug-likeness (QED) is 0.527. The minimum absolute atomic E-state index is 0.301. The molecule has 1 atom stereocenters. The highest BCUT2D eigenvalue weighted by atomic mass is 16.1. The molecule has 1 amide bonds. The Morgan fingerprint density at radius 3 is 2.77 bits per heavy atom. The number of nitrogens with two attached hydrogens (primary N) is 1. The van der Waals surface area contributed by atoms with Gasteiger partial charge in [-0.25, -0.2) is 4.99 Å². The van der Waals surface area contributed by atoms with Crippen molar-refractivity contribution in [2.24, 2.45) is 15.7 Å². The molecule has 2 heterocycles. The van der Waals surface area contributed by atoms with Crippen LogP contribution in [0.1, 0.15) is 13.8 Å². The Morgan fingerprint density at radius 1 is 1.38 bits per heavy atom. The molecule has 0 aromatic carbocycles. The predicted octanol–water partition coefficient (Wildman–Crippen LogP) is -0.452. The van der Waals surface area contributed by atoms with Crippen LogP contribution in [0.2, 0.25) is 0 Å². The fourth-order valence-corrected chi connectivity index (χ4v) is 1.34. The van der Waals surface area contributed by atoms with Gasteiger partial charge < -0.3 is 11.1 Å². The van der Waals surface area contributed by atoms with E-state index in [0.717, 1.165) is 11.4 Å². The Bertz CT molecular complexity index is 378. The summed E-state index contributed by atoms with van der Waals surface area (Å²) >= 11 is 0. The van der Waals surface area contributed by atoms with E-state index in [4.69, 9.17) is 5.73 Å². The lowest BCUT2D eigenvalue weighted by atomic mass is 10.1. The fourth-order valence-electron chi connectivity index (χ4n) is 1.34. The standard InChI is InChI=1S/C8H10N4O/c1-3-4(2)11-6-5(10-3)7(9)12-8(6)13/h5,10H,1-2H3,(H2,9,12,13)/t5-/m1/s1. The van der Waals surface area contributed by atoms with Crippen molar-refractivity contribution in [3.63, 3.8) is 0 Å². The van der Waals surface area contributed by atoms with E-state index in [0.29, 0.717) is 11.5 Å². The number of hydrogen-bond donors (Lipinski definition) is 2. The highest BCUT2D eigenvalue weighted by Gasteiger charge is 2.35. The molecular formula is C8H10N4O. The van der Waals surface area contributed by atoms with Crippen molar-refractivity contribution in [1.82, 2.24) is 5.32 Å². The summed E-state index contributed by atoms with van der Waals surface area (Å²) in [5.74, 6) is -0.0301. The Morgan fingerprint density at radius 2 is 2.08 bits per heavy atom. The monoisotopic (exact) mass is 178 g/mol. The number of nitrogens with zero attached hydrogens (tertiary/aromatic N) is 2. The first-order chi connectivity index (χ1) is 6.09. The van der Waals surface area contributed by atoms with Gasteiger partial charge in [-0.1, -0.05) is 0 Å². The first-order valence-electron chi connectivity index (χ1n) is 4.00. The summed E-state index contributed by atoms with van der Waals surface area (Å²) in [6.07, 6.45) is 0. The van der Waals surface area contributed by atoms with Gasteiger partial charge in [0.1, 0.15) is 17.6 Å². The molecule has 0 aromatic rings. The van der Waals surface area contributed by atoms with Crippen molar-refractivity contribution in [2.75, 3.05) is 0 Å². The average molecular weight is 178 g/mol. The summed E-state index contributed by atoms with van der Waals surface area (Å²) in [4.78, 5) is 19.0. The Balaban J connectivity index is 2.45. The maximum Gasteiger partial charge on any atom is 0.295 e. The van der Waals surface area contributed by atoms with Crippen LogP contribution in [0, 0.1) is 0 Å². The number of nitrogens with one attached hydrogen (secondary N) is 1. The van der Waals surface area contributed by atoms with Gasteiger partial charge in [0, 0.05) is 5.70 Å². The first-order valence-corrected chi connectivity index (χ1v) is 4.00. The van der Waals surface area contributed by atoms with E-state index in [2.05, 4.69) is 15.3 Å².